The molecule has 3 rings (SSSR count). The third-order valence-electron chi connectivity index (χ3n) is 3.21. The number of hydrogen-bond acceptors (Lipinski definition) is 6. The third kappa shape index (κ3) is 2.67. The molecule has 0 aliphatic heterocycles. The van der Waals surface area contributed by atoms with Gasteiger partial charge < -0.3 is 24.5 Å². The van der Waals surface area contributed by atoms with Crippen LogP contribution in [0.1, 0.15) is 0 Å². The molecule has 1 aromatic heterocycles. The molecule has 116 valence electrons. The molecule has 0 amide bonds. The molecule has 3 N–H and O–H groups in total. The fourth-order valence-electron chi connectivity index (χ4n) is 2.21. The van der Waals surface area contributed by atoms with Gasteiger partial charge >= 0.3 is 6.16 Å². The lowest BCUT2D eigenvalue weighted by molar-refractivity contribution is 0.144. The smallest absolute Gasteiger partial charge is 0.508 e. The molecule has 0 unspecified atom stereocenters. The summed E-state index contributed by atoms with van der Waals surface area (Å²) in [6.45, 7) is 0. The highest BCUT2D eigenvalue weighted by atomic mass is 16.7. The Balaban J connectivity index is 2.19. The van der Waals surface area contributed by atoms with Gasteiger partial charge in [-0.15, -0.1) is 0 Å². The molecule has 2 aromatic carbocycles. The SMILES string of the molecule is O=C(O)Oc1cc(O)c2c(=O)c(-c3ccc(O)cc3)coc2c1. The van der Waals surface area contributed by atoms with Crippen LogP contribution in [-0.4, -0.2) is 21.5 Å². The molecule has 0 fully saturated rings. The summed E-state index contributed by atoms with van der Waals surface area (Å²) in [6.07, 6.45) is -0.354. The molecule has 0 atom stereocenters. The van der Waals surface area contributed by atoms with E-state index in [-0.39, 0.29) is 28.0 Å². The standard InChI is InChI=1S/C16H10O7/c17-9-3-1-8(2-4-9)11-7-22-13-6-10(23-16(20)21)5-12(18)14(13)15(11)19/h1-7,17-18H,(H,20,21). The summed E-state index contributed by atoms with van der Waals surface area (Å²) in [5.74, 6) is -0.562. The van der Waals surface area contributed by atoms with Crippen molar-refractivity contribution in [2.24, 2.45) is 0 Å². The van der Waals surface area contributed by atoms with Crippen molar-refractivity contribution in [2.45, 2.75) is 0 Å². The molecule has 0 radical (unpaired) electrons. The van der Waals surface area contributed by atoms with Gasteiger partial charge in [0.15, 0.2) is 0 Å². The van der Waals surface area contributed by atoms with Gasteiger partial charge in [0.2, 0.25) is 5.43 Å². The lowest BCUT2D eigenvalue weighted by atomic mass is 10.0. The Morgan fingerprint density at radius 2 is 1.78 bits per heavy atom. The fourth-order valence-corrected chi connectivity index (χ4v) is 2.21. The molecular weight excluding hydrogens is 304 g/mol. The van der Waals surface area contributed by atoms with Gasteiger partial charge in [-0.25, -0.2) is 4.79 Å². The van der Waals surface area contributed by atoms with E-state index in [9.17, 15) is 19.8 Å². The first-order valence-corrected chi connectivity index (χ1v) is 6.44. The van der Waals surface area contributed by atoms with Crippen LogP contribution in [0.2, 0.25) is 0 Å². The van der Waals surface area contributed by atoms with Gasteiger partial charge in [-0.2, -0.15) is 0 Å². The summed E-state index contributed by atoms with van der Waals surface area (Å²) in [5.41, 5.74) is 0.202. The summed E-state index contributed by atoms with van der Waals surface area (Å²) in [7, 11) is 0. The van der Waals surface area contributed by atoms with E-state index in [2.05, 4.69) is 4.74 Å². The van der Waals surface area contributed by atoms with Crippen LogP contribution in [0.15, 0.2) is 51.9 Å². The topological polar surface area (TPSA) is 117 Å². The number of hydrogen-bond donors (Lipinski definition) is 3. The van der Waals surface area contributed by atoms with E-state index in [0.717, 1.165) is 6.07 Å². The molecular formula is C16H10O7. The highest BCUT2D eigenvalue weighted by Gasteiger charge is 2.15. The molecule has 0 spiro atoms. The van der Waals surface area contributed by atoms with Crippen LogP contribution in [0, 0.1) is 0 Å². The van der Waals surface area contributed by atoms with Gasteiger partial charge in [0.25, 0.3) is 0 Å². The molecule has 0 saturated carbocycles. The van der Waals surface area contributed by atoms with Crippen molar-refractivity contribution in [3.63, 3.8) is 0 Å². The predicted molar refractivity (Wildman–Crippen MR) is 79.9 cm³/mol. The second-order valence-electron chi connectivity index (χ2n) is 4.71. The quantitative estimate of drug-likeness (QED) is 0.491. The second-order valence-corrected chi connectivity index (χ2v) is 4.71. The maximum atomic E-state index is 12.5. The van der Waals surface area contributed by atoms with E-state index >= 15 is 0 Å². The number of fused-ring (bicyclic) bond motifs is 1. The molecule has 1 heterocycles. The van der Waals surface area contributed by atoms with Gasteiger partial charge in [0.05, 0.1) is 5.56 Å². The molecule has 0 aliphatic carbocycles. The lowest BCUT2D eigenvalue weighted by Gasteiger charge is -2.06. The average Bonchev–Trinajstić information content (AvgIpc) is 2.47. The monoisotopic (exact) mass is 314 g/mol. The fraction of sp³-hybridized carbons (Fsp3) is 0. The zero-order valence-corrected chi connectivity index (χ0v) is 11.5. The molecule has 7 nitrogen and oxygen atoms in total. The number of carboxylic acid groups (broad SMARTS) is 1. The third-order valence-corrected chi connectivity index (χ3v) is 3.21. The van der Waals surface area contributed by atoms with E-state index < -0.39 is 17.3 Å². The number of phenols is 2. The molecule has 3 aromatic rings. The van der Waals surface area contributed by atoms with E-state index in [1.54, 1.807) is 0 Å². The normalized spacial score (nSPS) is 10.6. The van der Waals surface area contributed by atoms with Crippen LogP contribution in [-0.2, 0) is 0 Å². The number of benzene rings is 2. The molecule has 23 heavy (non-hydrogen) atoms. The van der Waals surface area contributed by atoms with Gasteiger partial charge in [-0.1, -0.05) is 12.1 Å². The van der Waals surface area contributed by atoms with Crippen molar-refractivity contribution in [2.75, 3.05) is 0 Å². The Morgan fingerprint density at radius 3 is 2.43 bits per heavy atom. The van der Waals surface area contributed by atoms with Crippen molar-refractivity contribution in [1.29, 1.82) is 0 Å². The minimum Gasteiger partial charge on any atom is -0.508 e. The average molecular weight is 314 g/mol. The van der Waals surface area contributed by atoms with Crippen LogP contribution in [0.5, 0.6) is 17.2 Å². The number of aromatic hydroxyl groups is 2. The number of rotatable bonds is 2. The van der Waals surface area contributed by atoms with Crippen molar-refractivity contribution in [3.8, 4) is 28.4 Å². The van der Waals surface area contributed by atoms with Gasteiger partial charge in [0, 0.05) is 12.1 Å². The van der Waals surface area contributed by atoms with E-state index in [1.807, 2.05) is 0 Å². The largest absolute Gasteiger partial charge is 0.511 e. The Kier molecular flexibility index (Phi) is 3.38. The van der Waals surface area contributed by atoms with E-state index in [1.165, 1.54) is 36.6 Å². The van der Waals surface area contributed by atoms with Crippen LogP contribution in [0.25, 0.3) is 22.1 Å². The van der Waals surface area contributed by atoms with E-state index in [0.29, 0.717) is 5.56 Å². The summed E-state index contributed by atoms with van der Waals surface area (Å²) in [4.78, 5) is 23.1. The summed E-state index contributed by atoms with van der Waals surface area (Å²) in [6, 6.07) is 8.13. The summed E-state index contributed by atoms with van der Waals surface area (Å²) in [5, 5.41) is 27.8. The minimum absolute atomic E-state index is 0.00576. The predicted octanol–water partition coefficient (Wildman–Crippen LogP) is 2.93. The summed E-state index contributed by atoms with van der Waals surface area (Å²) < 4.78 is 9.75. The van der Waals surface area contributed by atoms with Crippen LogP contribution in [0.4, 0.5) is 4.79 Å². The van der Waals surface area contributed by atoms with Crippen molar-refractivity contribution in [1.82, 2.24) is 0 Å². The van der Waals surface area contributed by atoms with Gasteiger partial charge in [-0.05, 0) is 17.7 Å². The highest BCUT2D eigenvalue weighted by molar-refractivity contribution is 5.88. The lowest BCUT2D eigenvalue weighted by Crippen LogP contribution is -2.06. The first-order chi connectivity index (χ1) is 11.0. The molecule has 0 bridgehead atoms. The number of carbonyl (C=O) groups is 1. The number of phenolic OH excluding ortho intramolecular Hbond substituents is 2. The zero-order chi connectivity index (χ0) is 16.6. The maximum Gasteiger partial charge on any atom is 0.511 e. The Labute approximate surface area is 128 Å². The summed E-state index contributed by atoms with van der Waals surface area (Å²) >= 11 is 0. The Hall–Kier alpha value is -3.48. The van der Waals surface area contributed by atoms with Crippen LogP contribution >= 0.6 is 0 Å². The highest BCUT2D eigenvalue weighted by Crippen LogP contribution is 2.30. The zero-order valence-electron chi connectivity index (χ0n) is 11.5. The van der Waals surface area contributed by atoms with Gasteiger partial charge in [-0.3, -0.25) is 4.79 Å². The van der Waals surface area contributed by atoms with Crippen LogP contribution < -0.4 is 10.2 Å². The first-order valence-electron chi connectivity index (χ1n) is 6.44. The molecule has 0 aliphatic rings. The first kappa shape index (κ1) is 14.5. The molecule has 7 heteroatoms. The van der Waals surface area contributed by atoms with Crippen LogP contribution in [0.3, 0.4) is 0 Å². The number of ether oxygens (including phenoxy) is 1. The van der Waals surface area contributed by atoms with Gasteiger partial charge in [0.1, 0.15) is 34.5 Å². The second kappa shape index (κ2) is 5.38. The maximum absolute atomic E-state index is 12.5. The van der Waals surface area contributed by atoms with Crippen molar-refractivity contribution >= 4 is 17.1 Å². The Morgan fingerprint density at radius 1 is 1.09 bits per heavy atom. The van der Waals surface area contributed by atoms with Crippen molar-refractivity contribution < 1.29 is 29.3 Å². The van der Waals surface area contributed by atoms with Crippen molar-refractivity contribution in [3.05, 3.63) is 52.9 Å². The van der Waals surface area contributed by atoms with E-state index in [4.69, 9.17) is 9.52 Å². The molecule has 0 saturated heterocycles. The minimum atomic E-state index is -1.55. The Bertz CT molecular complexity index is 955.